The molecule has 6 aromatic rings. The summed E-state index contributed by atoms with van der Waals surface area (Å²) in [4.78, 5) is 5.26. The van der Waals surface area contributed by atoms with Crippen LogP contribution in [0.5, 0.6) is 0 Å². The van der Waals surface area contributed by atoms with Crippen LogP contribution in [0.15, 0.2) is 143 Å². The lowest BCUT2D eigenvalue weighted by atomic mass is 9.77. The third-order valence-corrected chi connectivity index (χ3v) is 12.5. The van der Waals surface area contributed by atoms with Crippen molar-refractivity contribution in [3.05, 3.63) is 167 Å². The third-order valence-electron chi connectivity index (χ3n) is 10.6. The quantitative estimate of drug-likeness (QED) is 0.188. The SMILES string of the molecule is CC1(C)c2ccc(N3c4ccccc4CCc4ccccc43)cc2S(=O)(=O)c2cc(N3c4ccccc4CCc4ccccc43)ccc21. The summed E-state index contributed by atoms with van der Waals surface area (Å²) >= 11 is 0. The van der Waals surface area contributed by atoms with Crippen LogP contribution in [0, 0.1) is 0 Å². The zero-order valence-corrected chi connectivity index (χ0v) is 28.0. The van der Waals surface area contributed by atoms with E-state index in [1.807, 2.05) is 24.3 Å². The van der Waals surface area contributed by atoms with Crippen LogP contribution in [-0.4, -0.2) is 8.42 Å². The van der Waals surface area contributed by atoms with Gasteiger partial charge in [0.05, 0.1) is 9.79 Å². The maximum atomic E-state index is 14.9. The topological polar surface area (TPSA) is 40.6 Å². The number of anilines is 6. The van der Waals surface area contributed by atoms with Crippen LogP contribution < -0.4 is 9.80 Å². The summed E-state index contributed by atoms with van der Waals surface area (Å²) in [6, 6.07) is 46.0. The van der Waals surface area contributed by atoms with E-state index in [1.165, 1.54) is 22.3 Å². The van der Waals surface area contributed by atoms with Gasteiger partial charge in [0.25, 0.3) is 0 Å². The molecule has 3 aliphatic heterocycles. The molecule has 0 saturated carbocycles. The average Bonchev–Trinajstić information content (AvgIpc) is 3.39. The Hall–Kier alpha value is -5.13. The molecule has 0 aromatic heterocycles. The summed E-state index contributed by atoms with van der Waals surface area (Å²) in [6.07, 6.45) is 3.72. The van der Waals surface area contributed by atoms with Crippen molar-refractivity contribution in [2.75, 3.05) is 9.80 Å². The minimum absolute atomic E-state index is 0.380. The number of sulfone groups is 1. The summed E-state index contributed by atoms with van der Waals surface area (Å²) in [5.41, 5.74) is 12.2. The molecule has 4 nitrogen and oxygen atoms in total. The van der Waals surface area contributed by atoms with Gasteiger partial charge in [0, 0.05) is 39.5 Å². The van der Waals surface area contributed by atoms with Crippen molar-refractivity contribution in [3.8, 4) is 0 Å². The molecule has 6 aromatic carbocycles. The monoisotopic (exact) mass is 644 g/mol. The van der Waals surface area contributed by atoms with Gasteiger partial charge < -0.3 is 9.80 Å². The minimum Gasteiger partial charge on any atom is -0.310 e. The third kappa shape index (κ3) is 4.30. The first-order chi connectivity index (χ1) is 23.3. The average molecular weight is 645 g/mol. The molecule has 0 atom stereocenters. The smallest absolute Gasteiger partial charge is 0.207 e. The minimum atomic E-state index is -3.88. The van der Waals surface area contributed by atoms with E-state index in [9.17, 15) is 8.42 Å². The Balaban J connectivity index is 1.23. The molecule has 0 aliphatic carbocycles. The van der Waals surface area contributed by atoms with Gasteiger partial charge in [-0.05, 0) is 108 Å². The number of aryl methyl sites for hydroxylation is 4. The van der Waals surface area contributed by atoms with Gasteiger partial charge >= 0.3 is 0 Å². The Bertz CT molecular complexity index is 2120. The highest BCUT2D eigenvalue weighted by molar-refractivity contribution is 7.91. The fourth-order valence-electron chi connectivity index (χ4n) is 8.16. The Kier molecular flexibility index (Phi) is 6.47. The summed E-state index contributed by atoms with van der Waals surface area (Å²) in [7, 11) is -3.88. The van der Waals surface area contributed by atoms with Crippen LogP contribution in [0.25, 0.3) is 0 Å². The second kappa shape index (κ2) is 10.7. The van der Waals surface area contributed by atoms with E-state index in [-0.39, 0.29) is 0 Å². The number of fused-ring (bicyclic) bond motifs is 6. The van der Waals surface area contributed by atoms with Gasteiger partial charge in [-0.15, -0.1) is 0 Å². The zero-order valence-electron chi connectivity index (χ0n) is 27.1. The van der Waals surface area contributed by atoms with E-state index in [4.69, 9.17) is 0 Å². The molecule has 3 heterocycles. The first-order valence-corrected chi connectivity index (χ1v) is 18.3. The Morgan fingerprint density at radius 1 is 0.458 bits per heavy atom. The van der Waals surface area contributed by atoms with Crippen LogP contribution in [-0.2, 0) is 40.9 Å². The maximum Gasteiger partial charge on any atom is 0.207 e. The molecule has 3 aliphatic rings. The summed E-state index contributed by atoms with van der Waals surface area (Å²) < 4.78 is 29.9. The number of nitrogens with zero attached hydrogens (tertiary/aromatic N) is 2. The Morgan fingerprint density at radius 2 is 0.771 bits per heavy atom. The molecule has 0 bridgehead atoms. The predicted octanol–water partition coefficient (Wildman–Crippen LogP) is 10.3. The van der Waals surface area contributed by atoms with E-state index in [2.05, 4.69) is 133 Å². The van der Waals surface area contributed by atoms with Crippen LogP contribution in [0.1, 0.15) is 47.2 Å². The normalized spacial score (nSPS) is 16.6. The molecule has 5 heteroatoms. The van der Waals surface area contributed by atoms with Gasteiger partial charge in [-0.25, -0.2) is 8.42 Å². The van der Waals surface area contributed by atoms with Crippen molar-refractivity contribution >= 4 is 44.0 Å². The highest BCUT2D eigenvalue weighted by Crippen LogP contribution is 2.51. The molecule has 48 heavy (non-hydrogen) atoms. The van der Waals surface area contributed by atoms with Gasteiger partial charge in [0.15, 0.2) is 0 Å². The van der Waals surface area contributed by atoms with Crippen molar-refractivity contribution in [2.24, 2.45) is 0 Å². The Morgan fingerprint density at radius 3 is 1.10 bits per heavy atom. The standard InChI is InChI=1S/C43H36N2O2S/c1-43(2)35-25-23-33(44-37-15-7-3-11-29(37)19-20-30-12-4-8-16-38(30)44)27-41(35)48(46,47)42-28-34(24-26-36(42)43)45-39-17-9-5-13-31(39)21-22-32-14-6-10-18-40(32)45/h3-18,23-28H,19-22H2,1-2H3. The van der Waals surface area contributed by atoms with Gasteiger partial charge in [-0.1, -0.05) is 98.8 Å². The zero-order chi connectivity index (χ0) is 32.6. The molecule has 0 unspecified atom stereocenters. The van der Waals surface area contributed by atoms with Crippen LogP contribution in [0.4, 0.5) is 34.1 Å². The number of benzene rings is 6. The van der Waals surface area contributed by atoms with E-state index < -0.39 is 15.3 Å². The molecule has 0 saturated heterocycles. The van der Waals surface area contributed by atoms with Crippen molar-refractivity contribution in [1.82, 2.24) is 0 Å². The van der Waals surface area contributed by atoms with Gasteiger partial charge in [-0.2, -0.15) is 0 Å². The highest BCUT2D eigenvalue weighted by atomic mass is 32.2. The fraction of sp³-hybridized carbons (Fsp3) is 0.163. The fourth-order valence-corrected chi connectivity index (χ4v) is 10.2. The molecule has 0 N–H and O–H groups in total. The van der Waals surface area contributed by atoms with E-state index in [0.717, 1.165) is 70.9 Å². The summed E-state index contributed by atoms with van der Waals surface area (Å²) in [6.45, 7) is 4.29. The number of hydrogen-bond acceptors (Lipinski definition) is 4. The second-order valence-corrected chi connectivity index (χ2v) is 15.6. The molecule has 9 rings (SSSR count). The largest absolute Gasteiger partial charge is 0.310 e. The first kappa shape index (κ1) is 29.0. The highest BCUT2D eigenvalue weighted by Gasteiger charge is 2.42. The summed E-state index contributed by atoms with van der Waals surface area (Å²) in [5, 5.41) is 0. The predicted molar refractivity (Wildman–Crippen MR) is 195 cm³/mol. The number of para-hydroxylation sites is 4. The molecular weight excluding hydrogens is 609 g/mol. The molecule has 0 radical (unpaired) electrons. The summed E-state index contributed by atoms with van der Waals surface area (Å²) in [5.74, 6) is 0. The molecule has 0 amide bonds. The molecule has 0 spiro atoms. The van der Waals surface area contributed by atoms with Crippen LogP contribution in [0.3, 0.4) is 0 Å². The molecule has 236 valence electrons. The van der Waals surface area contributed by atoms with Gasteiger partial charge in [0.2, 0.25) is 9.84 Å². The van der Waals surface area contributed by atoms with Crippen molar-refractivity contribution in [3.63, 3.8) is 0 Å². The first-order valence-electron chi connectivity index (χ1n) is 16.8. The lowest BCUT2D eigenvalue weighted by molar-refractivity contribution is 0.555. The lowest BCUT2D eigenvalue weighted by Gasteiger charge is -2.37. The maximum absolute atomic E-state index is 14.9. The van der Waals surface area contributed by atoms with Crippen LogP contribution in [0.2, 0.25) is 0 Å². The Labute approximate surface area is 282 Å². The van der Waals surface area contributed by atoms with Crippen molar-refractivity contribution in [2.45, 2.75) is 54.7 Å². The lowest BCUT2D eigenvalue weighted by Crippen LogP contribution is -2.30. The van der Waals surface area contributed by atoms with Crippen LogP contribution >= 0.6 is 0 Å². The number of rotatable bonds is 2. The van der Waals surface area contributed by atoms with E-state index in [1.54, 1.807) is 0 Å². The van der Waals surface area contributed by atoms with Gasteiger partial charge in [0.1, 0.15) is 0 Å². The molecular formula is C43H36N2O2S. The van der Waals surface area contributed by atoms with Crippen molar-refractivity contribution < 1.29 is 8.42 Å². The molecule has 0 fully saturated rings. The van der Waals surface area contributed by atoms with E-state index >= 15 is 0 Å². The number of hydrogen-bond donors (Lipinski definition) is 0. The van der Waals surface area contributed by atoms with Crippen molar-refractivity contribution in [1.29, 1.82) is 0 Å². The van der Waals surface area contributed by atoms with E-state index in [0.29, 0.717) is 9.79 Å². The second-order valence-electron chi connectivity index (χ2n) is 13.7. The van der Waals surface area contributed by atoms with Gasteiger partial charge in [-0.3, -0.25) is 0 Å².